The molecular formula is C12H15BrClF. The van der Waals surface area contributed by atoms with Crippen molar-refractivity contribution in [3.63, 3.8) is 0 Å². The van der Waals surface area contributed by atoms with Crippen LogP contribution in [0, 0.1) is 11.7 Å². The molecule has 0 aliphatic heterocycles. The Kier molecular flexibility index (Phi) is 5.07. The van der Waals surface area contributed by atoms with Crippen molar-refractivity contribution in [2.24, 2.45) is 5.92 Å². The van der Waals surface area contributed by atoms with Gasteiger partial charge in [-0.15, -0.1) is 11.6 Å². The van der Waals surface area contributed by atoms with Crippen molar-refractivity contribution in [1.82, 2.24) is 0 Å². The summed E-state index contributed by atoms with van der Waals surface area (Å²) in [5, 5.41) is 0.189. The molecule has 0 amide bonds. The highest BCUT2D eigenvalue weighted by Gasteiger charge is 2.09. The number of rotatable bonds is 4. The van der Waals surface area contributed by atoms with Crippen LogP contribution in [-0.4, -0.2) is 5.38 Å². The third-order valence-corrected chi connectivity index (χ3v) is 3.75. The Labute approximate surface area is 104 Å². The van der Waals surface area contributed by atoms with E-state index in [0.717, 1.165) is 18.4 Å². The van der Waals surface area contributed by atoms with Crippen molar-refractivity contribution in [2.45, 2.75) is 32.1 Å². The standard InChI is InChI=1S/C12H15BrClF/c1-8(2)11(14)5-3-9-4-6-12(15)10(13)7-9/h4,6-8,11H,3,5H2,1-2H3. The zero-order chi connectivity index (χ0) is 11.4. The van der Waals surface area contributed by atoms with Gasteiger partial charge in [0.05, 0.1) is 4.47 Å². The molecule has 3 heteroatoms. The first kappa shape index (κ1) is 13.0. The summed E-state index contributed by atoms with van der Waals surface area (Å²) in [6.45, 7) is 4.22. The summed E-state index contributed by atoms with van der Waals surface area (Å²) in [7, 11) is 0. The minimum atomic E-state index is -0.218. The van der Waals surface area contributed by atoms with Crippen LogP contribution < -0.4 is 0 Å². The highest BCUT2D eigenvalue weighted by atomic mass is 79.9. The lowest BCUT2D eigenvalue weighted by Crippen LogP contribution is -2.08. The van der Waals surface area contributed by atoms with Crippen LogP contribution in [0.3, 0.4) is 0 Å². The summed E-state index contributed by atoms with van der Waals surface area (Å²) in [5.74, 6) is 0.264. The lowest BCUT2D eigenvalue weighted by atomic mass is 10.0. The van der Waals surface area contributed by atoms with Crippen LogP contribution in [-0.2, 0) is 6.42 Å². The van der Waals surface area contributed by atoms with E-state index < -0.39 is 0 Å². The predicted molar refractivity (Wildman–Crippen MR) is 66.9 cm³/mol. The van der Waals surface area contributed by atoms with Crippen LogP contribution in [0.5, 0.6) is 0 Å². The van der Waals surface area contributed by atoms with Gasteiger partial charge in [0.1, 0.15) is 5.82 Å². The lowest BCUT2D eigenvalue weighted by Gasteiger charge is -2.12. The molecule has 0 saturated carbocycles. The zero-order valence-corrected chi connectivity index (χ0v) is 11.3. The molecule has 1 unspecified atom stereocenters. The van der Waals surface area contributed by atoms with E-state index >= 15 is 0 Å². The molecule has 15 heavy (non-hydrogen) atoms. The SMILES string of the molecule is CC(C)C(Cl)CCc1ccc(F)c(Br)c1. The first-order chi connectivity index (χ1) is 7.00. The van der Waals surface area contributed by atoms with Gasteiger partial charge in [-0.2, -0.15) is 0 Å². The van der Waals surface area contributed by atoms with E-state index in [1.807, 2.05) is 12.1 Å². The molecule has 1 atom stereocenters. The molecule has 0 aliphatic rings. The minimum absolute atomic E-state index is 0.189. The molecule has 0 fully saturated rings. The Bertz CT molecular complexity index is 325. The van der Waals surface area contributed by atoms with Crippen molar-refractivity contribution in [2.75, 3.05) is 0 Å². The number of aryl methyl sites for hydroxylation is 1. The normalized spacial score (nSPS) is 13.2. The Morgan fingerprint density at radius 1 is 1.40 bits per heavy atom. The summed E-state index contributed by atoms with van der Waals surface area (Å²) in [5.41, 5.74) is 1.12. The largest absolute Gasteiger partial charge is 0.206 e. The fourth-order valence-electron chi connectivity index (χ4n) is 1.33. The van der Waals surface area contributed by atoms with Crippen LogP contribution in [0.4, 0.5) is 4.39 Å². The second-order valence-corrected chi connectivity index (χ2v) is 5.46. The summed E-state index contributed by atoms with van der Waals surface area (Å²) in [6, 6.07) is 5.11. The summed E-state index contributed by atoms with van der Waals surface area (Å²) < 4.78 is 13.5. The Morgan fingerprint density at radius 3 is 2.60 bits per heavy atom. The van der Waals surface area contributed by atoms with Crippen LogP contribution >= 0.6 is 27.5 Å². The minimum Gasteiger partial charge on any atom is -0.206 e. The third-order valence-electron chi connectivity index (χ3n) is 2.42. The molecule has 0 N–H and O–H groups in total. The molecule has 0 aliphatic carbocycles. The van der Waals surface area contributed by atoms with Gasteiger partial charge < -0.3 is 0 Å². The number of alkyl halides is 1. The first-order valence-corrected chi connectivity index (χ1v) is 6.31. The molecule has 0 heterocycles. The van der Waals surface area contributed by atoms with Gasteiger partial charge in [0.25, 0.3) is 0 Å². The van der Waals surface area contributed by atoms with E-state index in [1.165, 1.54) is 6.07 Å². The molecule has 1 aromatic rings. The van der Waals surface area contributed by atoms with Gasteiger partial charge in [0.2, 0.25) is 0 Å². The van der Waals surface area contributed by atoms with Crippen molar-refractivity contribution in [3.8, 4) is 0 Å². The van der Waals surface area contributed by atoms with E-state index in [1.54, 1.807) is 0 Å². The fourth-order valence-corrected chi connectivity index (χ4v) is 1.87. The molecule has 84 valence electrons. The topological polar surface area (TPSA) is 0 Å². The van der Waals surface area contributed by atoms with Gasteiger partial charge >= 0.3 is 0 Å². The van der Waals surface area contributed by atoms with Crippen LogP contribution in [0.15, 0.2) is 22.7 Å². The van der Waals surface area contributed by atoms with E-state index in [-0.39, 0.29) is 11.2 Å². The predicted octanol–water partition coefficient (Wildman–Crippen LogP) is 4.78. The number of hydrogen-bond acceptors (Lipinski definition) is 0. The van der Waals surface area contributed by atoms with Gasteiger partial charge in [-0.05, 0) is 52.4 Å². The van der Waals surface area contributed by atoms with Gasteiger partial charge in [0.15, 0.2) is 0 Å². The molecule has 0 aromatic heterocycles. The Balaban J connectivity index is 2.55. The maximum atomic E-state index is 13.0. The second-order valence-electron chi connectivity index (χ2n) is 4.05. The van der Waals surface area contributed by atoms with Crippen LogP contribution in [0.1, 0.15) is 25.8 Å². The van der Waals surface area contributed by atoms with E-state index in [4.69, 9.17) is 11.6 Å². The summed E-state index contributed by atoms with van der Waals surface area (Å²) in [6.07, 6.45) is 1.82. The van der Waals surface area contributed by atoms with Crippen molar-refractivity contribution in [3.05, 3.63) is 34.1 Å². The van der Waals surface area contributed by atoms with Gasteiger partial charge in [-0.25, -0.2) is 4.39 Å². The number of benzene rings is 1. The van der Waals surface area contributed by atoms with Gasteiger partial charge in [-0.1, -0.05) is 19.9 Å². The molecule has 1 rings (SSSR count). The number of hydrogen-bond donors (Lipinski definition) is 0. The second kappa shape index (κ2) is 5.86. The van der Waals surface area contributed by atoms with E-state index in [0.29, 0.717) is 10.4 Å². The molecule has 0 radical (unpaired) electrons. The molecule has 0 nitrogen and oxygen atoms in total. The Morgan fingerprint density at radius 2 is 2.07 bits per heavy atom. The molecule has 0 bridgehead atoms. The van der Waals surface area contributed by atoms with Crippen molar-refractivity contribution in [1.29, 1.82) is 0 Å². The first-order valence-electron chi connectivity index (χ1n) is 5.08. The Hall–Kier alpha value is -0.0800. The zero-order valence-electron chi connectivity index (χ0n) is 8.93. The highest BCUT2D eigenvalue weighted by Crippen LogP contribution is 2.20. The summed E-state index contributed by atoms with van der Waals surface area (Å²) >= 11 is 9.32. The van der Waals surface area contributed by atoms with Gasteiger partial charge in [-0.3, -0.25) is 0 Å². The van der Waals surface area contributed by atoms with Crippen molar-refractivity contribution < 1.29 is 4.39 Å². The average molecular weight is 294 g/mol. The van der Waals surface area contributed by atoms with Crippen LogP contribution in [0.25, 0.3) is 0 Å². The maximum Gasteiger partial charge on any atom is 0.137 e. The quantitative estimate of drug-likeness (QED) is 0.701. The summed E-state index contributed by atoms with van der Waals surface area (Å²) in [4.78, 5) is 0. The van der Waals surface area contributed by atoms with E-state index in [2.05, 4.69) is 29.8 Å². The van der Waals surface area contributed by atoms with E-state index in [9.17, 15) is 4.39 Å². The maximum absolute atomic E-state index is 13.0. The van der Waals surface area contributed by atoms with Crippen LogP contribution in [0.2, 0.25) is 0 Å². The highest BCUT2D eigenvalue weighted by molar-refractivity contribution is 9.10. The monoisotopic (exact) mass is 292 g/mol. The third kappa shape index (κ3) is 4.12. The molecule has 0 saturated heterocycles. The molecule has 1 aromatic carbocycles. The fraction of sp³-hybridized carbons (Fsp3) is 0.500. The van der Waals surface area contributed by atoms with Gasteiger partial charge in [0, 0.05) is 5.38 Å². The smallest absolute Gasteiger partial charge is 0.137 e. The molecule has 0 spiro atoms. The number of halogens is 3. The average Bonchev–Trinajstić information content (AvgIpc) is 2.19. The lowest BCUT2D eigenvalue weighted by molar-refractivity contribution is 0.564. The molecular weight excluding hydrogens is 278 g/mol. The van der Waals surface area contributed by atoms with Crippen molar-refractivity contribution >= 4 is 27.5 Å².